The van der Waals surface area contributed by atoms with E-state index in [0.29, 0.717) is 47.0 Å². The van der Waals surface area contributed by atoms with Crippen molar-refractivity contribution in [3.63, 3.8) is 0 Å². The zero-order chi connectivity index (χ0) is 28.6. The second-order valence-corrected chi connectivity index (χ2v) is 14.9. The average molecular weight is 566 g/mol. The highest BCUT2D eigenvalue weighted by Gasteiger charge is 2.48. The molecule has 3 aromatic heterocycles. The third kappa shape index (κ3) is 4.68. The largest absolute Gasteiger partial charge is 0.474 e. The second-order valence-electron chi connectivity index (χ2n) is 12.4. The number of carbonyl (C=O) groups excluding carboxylic acids is 1. The van der Waals surface area contributed by atoms with Crippen molar-refractivity contribution in [3.05, 3.63) is 47.4 Å². The normalized spacial score (nSPS) is 24.1. The smallest absolute Gasteiger partial charge is 0.340 e. The maximum atomic E-state index is 12.5. The Balaban J connectivity index is 1.28. The lowest BCUT2D eigenvalue weighted by atomic mass is 9.84. The van der Waals surface area contributed by atoms with Gasteiger partial charge in [0.25, 0.3) is 0 Å². The highest BCUT2D eigenvalue weighted by Crippen LogP contribution is 2.41. The van der Waals surface area contributed by atoms with Gasteiger partial charge in [-0.05, 0) is 69.7 Å². The van der Waals surface area contributed by atoms with E-state index in [2.05, 4.69) is 15.3 Å². The van der Waals surface area contributed by atoms with Gasteiger partial charge >= 0.3 is 5.97 Å². The van der Waals surface area contributed by atoms with E-state index in [4.69, 9.17) is 20.2 Å². The second kappa shape index (κ2) is 9.10. The van der Waals surface area contributed by atoms with Crippen LogP contribution < -0.4 is 15.8 Å². The van der Waals surface area contributed by atoms with Crippen LogP contribution >= 0.6 is 0 Å². The van der Waals surface area contributed by atoms with E-state index in [1.807, 2.05) is 40.7 Å². The number of hydrogen-bond donors (Lipinski definition) is 2. The fourth-order valence-corrected chi connectivity index (χ4v) is 7.69. The molecule has 1 atom stereocenters. The average Bonchev–Trinajstić information content (AvgIpc) is 3.69. The lowest BCUT2D eigenvalue weighted by molar-refractivity contribution is -0.0189. The summed E-state index contributed by atoms with van der Waals surface area (Å²) < 4.78 is 36.9. The molecule has 40 heavy (non-hydrogen) atoms. The van der Waals surface area contributed by atoms with Gasteiger partial charge in [-0.1, -0.05) is 6.92 Å². The van der Waals surface area contributed by atoms with E-state index >= 15 is 0 Å². The zero-order valence-electron chi connectivity index (χ0n) is 23.4. The summed E-state index contributed by atoms with van der Waals surface area (Å²) in [4.78, 5) is 26.4. The van der Waals surface area contributed by atoms with Crippen molar-refractivity contribution in [2.45, 2.75) is 94.0 Å². The summed E-state index contributed by atoms with van der Waals surface area (Å²) in [5.74, 6) is 1.05. The molecule has 6 rings (SSSR count). The Bertz CT molecular complexity index is 1620. The number of sulfone groups is 1. The number of hydrogen-bond acceptors (Lipinski definition) is 10. The summed E-state index contributed by atoms with van der Waals surface area (Å²) in [7, 11) is -3.05. The molecule has 10 nitrogen and oxygen atoms in total. The molecule has 0 amide bonds. The molecule has 2 aliphatic carbocycles. The van der Waals surface area contributed by atoms with Crippen molar-refractivity contribution in [1.82, 2.24) is 15.0 Å². The van der Waals surface area contributed by atoms with Crippen LogP contribution in [0.4, 0.5) is 11.6 Å². The van der Waals surface area contributed by atoms with Gasteiger partial charge in [-0.2, -0.15) is 0 Å². The van der Waals surface area contributed by atoms with Crippen LogP contribution in [0.1, 0.15) is 87.8 Å². The van der Waals surface area contributed by atoms with E-state index in [1.165, 1.54) is 0 Å². The Morgan fingerprint density at radius 1 is 1.07 bits per heavy atom. The van der Waals surface area contributed by atoms with Crippen LogP contribution in [0.5, 0.6) is 5.88 Å². The number of rotatable bonds is 7. The molecule has 3 N–H and O–H groups in total. The number of nitrogens with two attached hydrogens (primary N) is 1. The fourth-order valence-electron chi connectivity index (χ4n) is 5.39. The van der Waals surface area contributed by atoms with E-state index in [0.717, 1.165) is 23.8 Å². The number of fused-ring (bicyclic) bond motifs is 2. The van der Waals surface area contributed by atoms with Gasteiger partial charge in [0, 0.05) is 36.7 Å². The zero-order valence-corrected chi connectivity index (χ0v) is 24.2. The number of ether oxygens (including phenoxy) is 2. The number of cyclic esters (lactones) is 1. The third-order valence-corrected chi connectivity index (χ3v) is 11.1. The first kappa shape index (κ1) is 26.9. The Morgan fingerprint density at radius 3 is 2.48 bits per heavy atom. The molecule has 0 bridgehead atoms. The molecule has 3 aromatic rings. The SMILES string of the molecule is C[C@@H]1c2nc(Nc3cc4c(C(C)(C)N)cnc(O[C@H]5C[C@@H](S(=O)(=O)C6CC6)C5)c4cn3)ccc2C(=O)OC1(C)C. The molecule has 3 aliphatic rings. The highest BCUT2D eigenvalue weighted by molar-refractivity contribution is 7.93. The lowest BCUT2D eigenvalue weighted by Gasteiger charge is -2.36. The van der Waals surface area contributed by atoms with E-state index < -0.39 is 21.0 Å². The van der Waals surface area contributed by atoms with Crippen LogP contribution in [0.3, 0.4) is 0 Å². The molecule has 212 valence electrons. The van der Waals surface area contributed by atoms with E-state index in [9.17, 15) is 13.2 Å². The van der Waals surface area contributed by atoms with Crippen LogP contribution in [-0.4, -0.2) is 51.5 Å². The molecular weight excluding hydrogens is 530 g/mol. The van der Waals surface area contributed by atoms with Crippen LogP contribution in [0, 0.1) is 0 Å². The molecule has 0 aromatic carbocycles. The molecular formula is C29H35N5O5S. The molecule has 4 heterocycles. The van der Waals surface area contributed by atoms with Crippen molar-refractivity contribution >= 4 is 38.2 Å². The molecule has 2 fully saturated rings. The Morgan fingerprint density at radius 2 is 1.80 bits per heavy atom. The summed E-state index contributed by atoms with van der Waals surface area (Å²) in [5, 5.41) is 4.31. The number of anilines is 2. The van der Waals surface area contributed by atoms with Crippen molar-refractivity contribution in [2.75, 3.05) is 5.32 Å². The van der Waals surface area contributed by atoms with Crippen LogP contribution in [-0.2, 0) is 20.1 Å². The van der Waals surface area contributed by atoms with Gasteiger partial charge < -0.3 is 20.5 Å². The van der Waals surface area contributed by atoms with Crippen LogP contribution in [0.25, 0.3) is 10.8 Å². The number of aromatic nitrogens is 3. The van der Waals surface area contributed by atoms with Gasteiger partial charge in [-0.25, -0.2) is 28.2 Å². The predicted octanol–water partition coefficient (Wildman–Crippen LogP) is 4.50. The fraction of sp³-hybridized carbons (Fsp3) is 0.517. The van der Waals surface area contributed by atoms with E-state index in [-0.39, 0.29) is 28.5 Å². The lowest BCUT2D eigenvalue weighted by Crippen LogP contribution is -2.44. The topological polar surface area (TPSA) is 146 Å². The summed E-state index contributed by atoms with van der Waals surface area (Å²) in [6.45, 7) is 9.57. The quantitative estimate of drug-likeness (QED) is 0.393. The predicted molar refractivity (Wildman–Crippen MR) is 152 cm³/mol. The summed E-state index contributed by atoms with van der Waals surface area (Å²) >= 11 is 0. The Labute approximate surface area is 234 Å². The molecule has 0 unspecified atom stereocenters. The summed E-state index contributed by atoms with van der Waals surface area (Å²) in [6.07, 6.45) is 5.71. The van der Waals surface area contributed by atoms with Crippen molar-refractivity contribution < 1.29 is 22.7 Å². The maximum absolute atomic E-state index is 12.5. The number of carbonyl (C=O) groups is 1. The first-order chi connectivity index (χ1) is 18.7. The molecule has 2 saturated carbocycles. The minimum absolute atomic E-state index is 0.0905. The van der Waals surface area contributed by atoms with Crippen molar-refractivity contribution in [1.29, 1.82) is 0 Å². The number of nitrogens with zero attached hydrogens (tertiary/aromatic N) is 3. The van der Waals surface area contributed by atoms with Gasteiger partial charge in [-0.15, -0.1) is 0 Å². The molecule has 1 aliphatic heterocycles. The number of esters is 1. The van der Waals surface area contributed by atoms with Crippen molar-refractivity contribution in [2.24, 2.45) is 5.73 Å². The monoisotopic (exact) mass is 565 g/mol. The van der Waals surface area contributed by atoms with Gasteiger partial charge in [-0.3, -0.25) is 0 Å². The van der Waals surface area contributed by atoms with Crippen LogP contribution in [0.2, 0.25) is 0 Å². The number of nitrogens with one attached hydrogen (secondary N) is 1. The summed E-state index contributed by atoms with van der Waals surface area (Å²) in [5.41, 5.74) is 7.11. The van der Waals surface area contributed by atoms with Gasteiger partial charge in [0.15, 0.2) is 9.84 Å². The van der Waals surface area contributed by atoms with Crippen LogP contribution in [0.15, 0.2) is 30.6 Å². The van der Waals surface area contributed by atoms with E-state index in [1.54, 1.807) is 24.5 Å². The minimum Gasteiger partial charge on any atom is -0.474 e. The van der Waals surface area contributed by atoms with Gasteiger partial charge in [0.1, 0.15) is 23.3 Å². The molecule has 0 saturated heterocycles. The third-order valence-electron chi connectivity index (χ3n) is 8.42. The van der Waals surface area contributed by atoms with Gasteiger partial charge in [0.05, 0.1) is 27.1 Å². The highest BCUT2D eigenvalue weighted by atomic mass is 32.2. The summed E-state index contributed by atoms with van der Waals surface area (Å²) in [6, 6.07) is 5.34. The molecule has 0 radical (unpaired) electrons. The minimum atomic E-state index is -3.05. The van der Waals surface area contributed by atoms with Gasteiger partial charge in [0.2, 0.25) is 5.88 Å². The Kier molecular flexibility index (Phi) is 6.12. The molecule has 11 heteroatoms. The first-order valence-electron chi connectivity index (χ1n) is 13.7. The van der Waals surface area contributed by atoms with Crippen molar-refractivity contribution in [3.8, 4) is 5.88 Å². The molecule has 0 spiro atoms. The standard InChI is InChI=1S/C29H35N5O5S/c1-15-25-19(27(35)39-29(15,4)5)8-9-23(34-25)33-24-12-20-21(13-31-24)26(32-14-22(20)28(2,3)30)38-16-10-18(11-16)40(36,37)17-6-7-17/h8-9,12-18H,6-7,10-11,30H2,1-5H3,(H,31,33,34)/t15-,16-,18+/m1/s1. The Hall–Kier alpha value is -3.31. The maximum Gasteiger partial charge on any atom is 0.340 e. The number of pyridine rings is 3. The first-order valence-corrected chi connectivity index (χ1v) is 15.3.